The molecule has 0 unspecified atom stereocenters. The third-order valence-electron chi connectivity index (χ3n) is 3.41. The van der Waals surface area contributed by atoms with Crippen molar-refractivity contribution in [2.24, 2.45) is 0 Å². The van der Waals surface area contributed by atoms with Crippen molar-refractivity contribution < 1.29 is 9.95 Å². The van der Waals surface area contributed by atoms with Crippen molar-refractivity contribution in [3.05, 3.63) is 71.8 Å². The first-order valence-electron chi connectivity index (χ1n) is 6.79. The first-order valence-corrected chi connectivity index (χ1v) is 6.79. The second kappa shape index (κ2) is 5.65. The maximum atomic E-state index is 10.6. The molecule has 1 aliphatic heterocycles. The van der Waals surface area contributed by atoms with E-state index in [-0.39, 0.29) is 6.04 Å². The van der Waals surface area contributed by atoms with Crippen LogP contribution >= 0.6 is 0 Å². The number of rotatable bonds is 3. The van der Waals surface area contributed by atoms with Crippen LogP contribution in [0.3, 0.4) is 0 Å². The average molecular weight is 268 g/mol. The normalized spacial score (nSPS) is 13.9. The van der Waals surface area contributed by atoms with E-state index >= 15 is 0 Å². The number of hydrogen-bond acceptors (Lipinski definition) is 1. The van der Waals surface area contributed by atoms with Gasteiger partial charge >= 0.3 is 5.96 Å². The van der Waals surface area contributed by atoms with Crippen molar-refractivity contribution in [2.45, 2.75) is 6.04 Å². The number of guanidine groups is 1. The van der Waals surface area contributed by atoms with E-state index in [4.69, 9.17) is 0 Å². The largest absolute Gasteiger partial charge is 0.383 e. The van der Waals surface area contributed by atoms with Gasteiger partial charge in [-0.2, -0.15) is 0 Å². The zero-order chi connectivity index (χ0) is 13.8. The van der Waals surface area contributed by atoms with E-state index < -0.39 is 0 Å². The first kappa shape index (κ1) is 12.5. The van der Waals surface area contributed by atoms with Crippen LogP contribution < -0.4 is 10.6 Å². The molecule has 0 atom stereocenters. The predicted octanol–water partition coefficient (Wildman–Crippen LogP) is 1.73. The molecule has 0 aliphatic carbocycles. The average Bonchev–Trinajstić information content (AvgIpc) is 3.04. The zero-order valence-electron chi connectivity index (χ0n) is 11.2. The summed E-state index contributed by atoms with van der Waals surface area (Å²) in [6.45, 7) is 1.64. The van der Waals surface area contributed by atoms with Gasteiger partial charge in [-0.1, -0.05) is 65.4 Å². The van der Waals surface area contributed by atoms with E-state index in [1.807, 2.05) is 60.7 Å². The lowest BCUT2D eigenvalue weighted by Crippen LogP contribution is -2.36. The van der Waals surface area contributed by atoms with Crippen LogP contribution in [0.1, 0.15) is 17.2 Å². The monoisotopic (exact) mass is 268 g/mol. The van der Waals surface area contributed by atoms with Gasteiger partial charge in [0.15, 0.2) is 6.04 Å². The van der Waals surface area contributed by atoms with Gasteiger partial charge in [0.05, 0.1) is 13.1 Å². The molecule has 3 rings (SSSR count). The summed E-state index contributed by atoms with van der Waals surface area (Å²) in [6.07, 6.45) is 0. The lowest BCUT2D eigenvalue weighted by Gasteiger charge is -2.17. The van der Waals surface area contributed by atoms with E-state index in [1.54, 1.807) is 0 Å². The minimum atomic E-state index is -0.231. The van der Waals surface area contributed by atoms with Crippen molar-refractivity contribution in [3.63, 3.8) is 0 Å². The third-order valence-corrected chi connectivity index (χ3v) is 3.41. The molecule has 1 saturated heterocycles. The van der Waals surface area contributed by atoms with E-state index in [1.165, 1.54) is 4.74 Å². The van der Waals surface area contributed by atoms with Crippen LogP contribution in [0.25, 0.3) is 0 Å². The van der Waals surface area contributed by atoms with Gasteiger partial charge in [-0.3, -0.25) is 10.6 Å². The van der Waals surface area contributed by atoms with E-state index in [0.717, 1.165) is 24.2 Å². The third kappa shape index (κ3) is 2.45. The standard InChI is InChI=1S/C16H17N3O/c20-19(16-17-11-12-18-16)15(13-7-3-1-4-8-13)14-9-5-2-6-10-14/h1-10,15,20H,11-12H2,(H,17,18)/p+1. The Hall–Kier alpha value is -2.49. The Balaban J connectivity index is 2.07. The van der Waals surface area contributed by atoms with Gasteiger partial charge in [-0.05, 0) is 11.1 Å². The molecule has 0 saturated carbocycles. The van der Waals surface area contributed by atoms with E-state index in [9.17, 15) is 5.21 Å². The molecule has 1 fully saturated rings. The van der Waals surface area contributed by atoms with Crippen LogP contribution in [0, 0.1) is 0 Å². The predicted molar refractivity (Wildman–Crippen MR) is 77.8 cm³/mol. The van der Waals surface area contributed by atoms with Crippen LogP contribution in [0.2, 0.25) is 0 Å². The van der Waals surface area contributed by atoms with Gasteiger partial charge in [-0.15, -0.1) is 0 Å². The van der Waals surface area contributed by atoms with E-state index in [2.05, 4.69) is 10.6 Å². The summed E-state index contributed by atoms with van der Waals surface area (Å²) in [5.41, 5.74) is 2.09. The number of nitrogens with zero attached hydrogens (tertiary/aromatic N) is 1. The minimum absolute atomic E-state index is 0.231. The van der Waals surface area contributed by atoms with Crippen molar-refractivity contribution in [1.29, 1.82) is 0 Å². The molecule has 1 aliphatic rings. The Kier molecular flexibility index (Phi) is 3.54. The van der Waals surface area contributed by atoms with Gasteiger partial charge in [0.1, 0.15) is 0 Å². The highest BCUT2D eigenvalue weighted by atomic mass is 16.5. The van der Waals surface area contributed by atoms with Gasteiger partial charge in [0.2, 0.25) is 0 Å². The van der Waals surface area contributed by atoms with Crippen molar-refractivity contribution in [1.82, 2.24) is 10.6 Å². The SMILES string of the molecule is O[N+](=C1NCCN1)C(c1ccccc1)c1ccccc1. The molecule has 4 nitrogen and oxygen atoms in total. The molecule has 4 heteroatoms. The number of hydroxylamine groups is 1. The highest BCUT2D eigenvalue weighted by molar-refractivity contribution is 5.76. The van der Waals surface area contributed by atoms with Gasteiger partial charge in [0, 0.05) is 0 Å². The maximum Gasteiger partial charge on any atom is 0.383 e. The van der Waals surface area contributed by atoms with Gasteiger partial charge in [-0.25, -0.2) is 0 Å². The number of hydrogen-bond donors (Lipinski definition) is 3. The summed E-state index contributed by atoms with van der Waals surface area (Å²) < 4.78 is 1.28. The highest BCUT2D eigenvalue weighted by Crippen LogP contribution is 2.24. The molecule has 0 aromatic heterocycles. The lowest BCUT2D eigenvalue weighted by molar-refractivity contribution is -0.800. The van der Waals surface area contributed by atoms with Crippen molar-refractivity contribution in [2.75, 3.05) is 13.1 Å². The van der Waals surface area contributed by atoms with Crippen molar-refractivity contribution in [3.8, 4) is 0 Å². The quantitative estimate of drug-likeness (QED) is 0.451. The molecule has 2 aromatic carbocycles. The van der Waals surface area contributed by atoms with Gasteiger partial charge < -0.3 is 5.21 Å². The van der Waals surface area contributed by atoms with Gasteiger partial charge in [0.25, 0.3) is 0 Å². The fraction of sp³-hybridized carbons (Fsp3) is 0.188. The first-order chi connectivity index (χ1) is 9.86. The van der Waals surface area contributed by atoms with E-state index in [0.29, 0.717) is 5.96 Å². The molecular weight excluding hydrogens is 250 g/mol. The molecule has 20 heavy (non-hydrogen) atoms. The molecule has 1 heterocycles. The van der Waals surface area contributed by atoms with Crippen LogP contribution in [0.15, 0.2) is 60.7 Å². The molecule has 0 radical (unpaired) electrons. The number of nitrogens with one attached hydrogen (secondary N) is 2. The topological polar surface area (TPSA) is 47.3 Å². The maximum absolute atomic E-state index is 10.6. The Morgan fingerprint density at radius 1 is 0.800 bits per heavy atom. The summed E-state index contributed by atoms with van der Waals surface area (Å²) in [6, 6.07) is 19.8. The molecule has 0 spiro atoms. The highest BCUT2D eigenvalue weighted by Gasteiger charge is 2.27. The second-order valence-electron chi connectivity index (χ2n) is 4.77. The Labute approximate surface area is 118 Å². The zero-order valence-corrected chi connectivity index (χ0v) is 11.2. The molecule has 3 N–H and O–H groups in total. The molecule has 0 amide bonds. The Bertz CT molecular complexity index is 548. The van der Waals surface area contributed by atoms with Crippen LogP contribution in [0.4, 0.5) is 0 Å². The minimum Gasteiger partial charge on any atom is -0.375 e. The fourth-order valence-corrected chi connectivity index (χ4v) is 2.46. The summed E-state index contributed by atoms with van der Waals surface area (Å²) >= 11 is 0. The molecular formula is C16H18N3O+. The Morgan fingerprint density at radius 3 is 1.70 bits per heavy atom. The Morgan fingerprint density at radius 2 is 1.25 bits per heavy atom. The summed E-state index contributed by atoms with van der Waals surface area (Å²) in [4.78, 5) is 0. The smallest absolute Gasteiger partial charge is 0.375 e. The van der Waals surface area contributed by atoms with Crippen molar-refractivity contribution >= 4 is 5.96 Å². The lowest BCUT2D eigenvalue weighted by atomic mass is 9.99. The summed E-state index contributed by atoms with van der Waals surface area (Å²) in [5.74, 6) is 0.655. The molecule has 0 bridgehead atoms. The molecule has 102 valence electrons. The van der Waals surface area contributed by atoms with Crippen LogP contribution in [-0.2, 0) is 0 Å². The van der Waals surface area contributed by atoms with Crippen LogP contribution in [0.5, 0.6) is 0 Å². The molecule has 2 aromatic rings. The summed E-state index contributed by atoms with van der Waals surface area (Å²) in [7, 11) is 0. The van der Waals surface area contributed by atoms with Crippen LogP contribution in [-0.4, -0.2) is 29.0 Å². The number of benzene rings is 2. The second-order valence-corrected chi connectivity index (χ2v) is 4.77. The fourth-order valence-electron chi connectivity index (χ4n) is 2.46. The summed E-state index contributed by atoms with van der Waals surface area (Å²) in [5, 5.41) is 16.9.